The standard InChI is InChI=1S/C19H22N4S/c1-3-23(4-2)19-21-17-12-15(16(22-20)13-18(17)24-19)11-10-14-8-6-5-7-9-14/h5-9,12-13,20H,3-4,10-11H2,1-2H3. The lowest BCUT2D eigenvalue weighted by atomic mass is 10.0. The van der Waals surface area contributed by atoms with Crippen molar-refractivity contribution in [1.29, 1.82) is 5.53 Å². The number of aromatic nitrogens is 1. The quantitative estimate of drug-likeness (QED) is 0.571. The average Bonchev–Trinajstić information content (AvgIpc) is 3.03. The topological polar surface area (TPSA) is 52.3 Å². The first-order valence-electron chi connectivity index (χ1n) is 8.35. The number of nitrogens with zero attached hydrogens (tertiary/aromatic N) is 3. The third-order valence-electron chi connectivity index (χ3n) is 4.26. The third-order valence-corrected chi connectivity index (χ3v) is 5.34. The van der Waals surface area contributed by atoms with Gasteiger partial charge in [-0.25, -0.2) is 10.5 Å². The van der Waals surface area contributed by atoms with Gasteiger partial charge in [-0.15, -0.1) is 0 Å². The number of aryl methyl sites for hydroxylation is 2. The van der Waals surface area contributed by atoms with Gasteiger partial charge < -0.3 is 4.90 Å². The Kier molecular flexibility index (Phi) is 5.20. The van der Waals surface area contributed by atoms with Gasteiger partial charge >= 0.3 is 0 Å². The molecule has 0 fully saturated rings. The fourth-order valence-electron chi connectivity index (χ4n) is 2.85. The zero-order valence-electron chi connectivity index (χ0n) is 14.1. The molecule has 0 unspecified atom stereocenters. The summed E-state index contributed by atoms with van der Waals surface area (Å²) in [6.07, 6.45) is 1.82. The molecule has 4 nitrogen and oxygen atoms in total. The van der Waals surface area contributed by atoms with E-state index in [0.717, 1.165) is 52.5 Å². The van der Waals surface area contributed by atoms with Crippen LogP contribution >= 0.6 is 11.3 Å². The van der Waals surface area contributed by atoms with Crippen molar-refractivity contribution in [2.75, 3.05) is 18.0 Å². The number of anilines is 1. The van der Waals surface area contributed by atoms with Gasteiger partial charge in [-0.05, 0) is 49.9 Å². The number of hydrogen-bond acceptors (Lipinski definition) is 5. The number of benzene rings is 2. The van der Waals surface area contributed by atoms with Gasteiger partial charge in [-0.1, -0.05) is 41.7 Å². The lowest BCUT2D eigenvalue weighted by Crippen LogP contribution is -2.21. The smallest absolute Gasteiger partial charge is 0.186 e. The number of fused-ring (bicyclic) bond motifs is 1. The summed E-state index contributed by atoms with van der Waals surface area (Å²) in [6.45, 7) is 6.19. The molecule has 0 atom stereocenters. The third kappa shape index (κ3) is 3.46. The van der Waals surface area contributed by atoms with Gasteiger partial charge in [0.1, 0.15) is 0 Å². The van der Waals surface area contributed by atoms with Gasteiger partial charge in [-0.3, -0.25) is 0 Å². The Hall–Kier alpha value is -2.27. The summed E-state index contributed by atoms with van der Waals surface area (Å²) in [5, 5.41) is 4.79. The molecular formula is C19H22N4S. The maximum Gasteiger partial charge on any atom is 0.186 e. The minimum absolute atomic E-state index is 0.758. The van der Waals surface area contributed by atoms with E-state index >= 15 is 0 Å². The summed E-state index contributed by atoms with van der Waals surface area (Å²) < 4.78 is 1.10. The highest BCUT2D eigenvalue weighted by atomic mass is 32.1. The van der Waals surface area contributed by atoms with Gasteiger partial charge in [0.25, 0.3) is 0 Å². The highest BCUT2D eigenvalue weighted by molar-refractivity contribution is 7.22. The Bertz CT molecular complexity index is 822. The van der Waals surface area contributed by atoms with Crippen molar-refractivity contribution >= 4 is 32.4 Å². The van der Waals surface area contributed by atoms with E-state index in [2.05, 4.69) is 54.2 Å². The summed E-state index contributed by atoms with van der Waals surface area (Å²) in [7, 11) is 0. The summed E-state index contributed by atoms with van der Waals surface area (Å²) in [6, 6.07) is 14.5. The largest absolute Gasteiger partial charge is 0.349 e. The van der Waals surface area contributed by atoms with Crippen LogP contribution in [-0.4, -0.2) is 18.1 Å². The van der Waals surface area contributed by atoms with E-state index in [9.17, 15) is 0 Å². The van der Waals surface area contributed by atoms with Crippen LogP contribution in [0.3, 0.4) is 0 Å². The second-order valence-corrected chi connectivity index (χ2v) is 6.72. The molecule has 24 heavy (non-hydrogen) atoms. The zero-order chi connectivity index (χ0) is 16.9. The predicted octanol–water partition coefficient (Wildman–Crippen LogP) is 5.59. The fraction of sp³-hybridized carbons (Fsp3) is 0.316. The Labute approximate surface area is 146 Å². The summed E-state index contributed by atoms with van der Waals surface area (Å²) in [5.74, 6) is 0. The molecule has 5 heteroatoms. The van der Waals surface area contributed by atoms with Crippen LogP contribution in [0.4, 0.5) is 10.8 Å². The van der Waals surface area contributed by atoms with Crippen LogP contribution in [-0.2, 0) is 12.8 Å². The van der Waals surface area contributed by atoms with Gasteiger partial charge in [0, 0.05) is 13.1 Å². The molecule has 0 aliphatic heterocycles. The Balaban J connectivity index is 1.90. The maximum atomic E-state index is 7.51. The van der Waals surface area contributed by atoms with E-state index in [0.29, 0.717) is 0 Å². The van der Waals surface area contributed by atoms with E-state index < -0.39 is 0 Å². The summed E-state index contributed by atoms with van der Waals surface area (Å²) in [5.41, 5.74) is 11.7. The molecule has 0 spiro atoms. The molecule has 0 saturated carbocycles. The summed E-state index contributed by atoms with van der Waals surface area (Å²) >= 11 is 1.68. The molecule has 2 aromatic carbocycles. The lowest BCUT2D eigenvalue weighted by molar-refractivity contribution is 0.862. The Morgan fingerprint density at radius 1 is 1.08 bits per heavy atom. The Morgan fingerprint density at radius 3 is 2.50 bits per heavy atom. The van der Waals surface area contributed by atoms with Gasteiger partial charge in [0.05, 0.1) is 15.9 Å². The predicted molar refractivity (Wildman–Crippen MR) is 102 cm³/mol. The first-order chi connectivity index (χ1) is 11.7. The SMILES string of the molecule is CCN(CC)c1nc2cc(CCc3ccccc3)c(N=N)cc2s1. The normalized spacial score (nSPS) is 10.9. The average molecular weight is 338 g/mol. The van der Waals surface area contributed by atoms with Gasteiger partial charge in [0.15, 0.2) is 5.13 Å². The second kappa shape index (κ2) is 7.53. The molecular weight excluding hydrogens is 316 g/mol. The van der Waals surface area contributed by atoms with Crippen molar-refractivity contribution in [3.63, 3.8) is 0 Å². The van der Waals surface area contributed by atoms with E-state index in [1.165, 1.54) is 5.56 Å². The van der Waals surface area contributed by atoms with Gasteiger partial charge in [0.2, 0.25) is 0 Å². The minimum atomic E-state index is 0.758. The molecule has 0 radical (unpaired) electrons. The van der Waals surface area contributed by atoms with Crippen LogP contribution in [0.5, 0.6) is 0 Å². The van der Waals surface area contributed by atoms with E-state index in [4.69, 9.17) is 10.5 Å². The number of nitrogens with one attached hydrogen (secondary N) is 1. The van der Waals surface area contributed by atoms with Crippen molar-refractivity contribution in [3.8, 4) is 0 Å². The van der Waals surface area contributed by atoms with Crippen molar-refractivity contribution in [3.05, 3.63) is 53.6 Å². The first kappa shape index (κ1) is 16.6. The number of rotatable bonds is 7. The molecule has 0 bridgehead atoms. The van der Waals surface area contributed by atoms with E-state index in [1.807, 2.05) is 12.1 Å². The second-order valence-electron chi connectivity index (χ2n) is 5.71. The van der Waals surface area contributed by atoms with Crippen LogP contribution in [0, 0.1) is 5.53 Å². The number of thiazole rings is 1. The minimum Gasteiger partial charge on any atom is -0.349 e. The first-order valence-corrected chi connectivity index (χ1v) is 9.16. The van der Waals surface area contributed by atoms with Crippen LogP contribution in [0.25, 0.3) is 10.2 Å². The van der Waals surface area contributed by atoms with Crippen molar-refractivity contribution in [1.82, 2.24) is 4.98 Å². The van der Waals surface area contributed by atoms with Crippen molar-refractivity contribution in [2.24, 2.45) is 5.11 Å². The molecule has 0 aliphatic rings. The molecule has 1 aromatic heterocycles. The monoisotopic (exact) mass is 338 g/mol. The molecule has 124 valence electrons. The highest BCUT2D eigenvalue weighted by Gasteiger charge is 2.12. The molecule has 1 heterocycles. The lowest BCUT2D eigenvalue weighted by Gasteiger charge is -2.16. The van der Waals surface area contributed by atoms with Crippen LogP contribution in [0.2, 0.25) is 0 Å². The molecule has 3 aromatic rings. The molecule has 3 rings (SSSR count). The molecule has 0 aliphatic carbocycles. The number of hydrogen-bond donors (Lipinski definition) is 1. The molecule has 0 amide bonds. The molecule has 0 saturated heterocycles. The molecule has 1 N–H and O–H groups in total. The highest BCUT2D eigenvalue weighted by Crippen LogP contribution is 2.34. The van der Waals surface area contributed by atoms with Gasteiger partial charge in [-0.2, -0.15) is 5.11 Å². The van der Waals surface area contributed by atoms with Crippen molar-refractivity contribution in [2.45, 2.75) is 26.7 Å². The zero-order valence-corrected chi connectivity index (χ0v) is 14.9. The summed E-state index contributed by atoms with van der Waals surface area (Å²) in [4.78, 5) is 7.04. The van der Waals surface area contributed by atoms with Crippen LogP contribution in [0.1, 0.15) is 25.0 Å². The van der Waals surface area contributed by atoms with Crippen LogP contribution in [0.15, 0.2) is 47.6 Å². The van der Waals surface area contributed by atoms with Crippen LogP contribution < -0.4 is 4.90 Å². The van der Waals surface area contributed by atoms with Crippen molar-refractivity contribution < 1.29 is 0 Å². The Morgan fingerprint density at radius 2 is 1.83 bits per heavy atom. The maximum absolute atomic E-state index is 7.51. The fourth-order valence-corrected chi connectivity index (χ4v) is 3.96. The van der Waals surface area contributed by atoms with E-state index in [1.54, 1.807) is 11.3 Å². The van der Waals surface area contributed by atoms with E-state index in [-0.39, 0.29) is 0 Å².